The molecule has 2 aliphatic heterocycles. The molecule has 0 aromatic heterocycles. The van der Waals surface area contributed by atoms with Gasteiger partial charge in [-0.1, -0.05) is 37.1 Å². The van der Waals surface area contributed by atoms with E-state index in [4.69, 9.17) is 14.2 Å². The van der Waals surface area contributed by atoms with Gasteiger partial charge >= 0.3 is 11.9 Å². The molecule has 2 unspecified atom stereocenters. The summed E-state index contributed by atoms with van der Waals surface area (Å²) in [6.45, 7) is 0.487. The van der Waals surface area contributed by atoms with Gasteiger partial charge in [0.1, 0.15) is 38.5 Å². The third-order valence-corrected chi connectivity index (χ3v) is 8.43. The topological polar surface area (TPSA) is 191 Å². The van der Waals surface area contributed by atoms with Gasteiger partial charge in [0.2, 0.25) is 0 Å². The van der Waals surface area contributed by atoms with E-state index in [1.54, 1.807) is 24.3 Å². The van der Waals surface area contributed by atoms with Crippen LogP contribution in [0.5, 0.6) is 0 Å². The standard InChI is InChI=1S/C16H20N2O5.C12H20N2O6/c19-16(15-8-13-2-1-3-14(13)17-15)22-9-11-4-6-12(7-5-11)10-23-18(20)21;15-12(11-8-9-2-1-3-10(9)13-11)19-6-4-18-5-7-20-14(16)17/h4-7,13-15,17H,1-3,8-10H2;9-11,13H,1-8H2/t13-,14-,15?;9-,10-,11?/m00/s1. The monoisotopic (exact) mass is 608 g/mol. The van der Waals surface area contributed by atoms with Crippen molar-refractivity contribution >= 4 is 11.9 Å². The van der Waals surface area contributed by atoms with Gasteiger partial charge in [0.05, 0.1) is 13.2 Å². The predicted molar refractivity (Wildman–Crippen MR) is 148 cm³/mol. The maximum Gasteiger partial charge on any atom is 0.323 e. The summed E-state index contributed by atoms with van der Waals surface area (Å²) < 4.78 is 15.5. The van der Waals surface area contributed by atoms with Crippen molar-refractivity contribution in [2.45, 2.75) is 88.7 Å². The number of esters is 2. The minimum Gasteiger partial charge on any atom is -0.462 e. The summed E-state index contributed by atoms with van der Waals surface area (Å²) in [6.07, 6.45) is 8.93. The second-order valence-corrected chi connectivity index (χ2v) is 11.3. The number of benzene rings is 1. The van der Waals surface area contributed by atoms with E-state index in [-0.39, 0.29) is 63.7 Å². The molecule has 2 saturated heterocycles. The fourth-order valence-corrected chi connectivity index (χ4v) is 6.35. The Balaban J connectivity index is 0.000000199. The quantitative estimate of drug-likeness (QED) is 0.135. The second-order valence-electron chi connectivity index (χ2n) is 11.3. The first-order chi connectivity index (χ1) is 20.8. The van der Waals surface area contributed by atoms with Crippen molar-refractivity contribution in [1.29, 1.82) is 0 Å². The van der Waals surface area contributed by atoms with E-state index < -0.39 is 10.2 Å². The summed E-state index contributed by atoms with van der Waals surface area (Å²) in [5.41, 5.74) is 1.54. The summed E-state index contributed by atoms with van der Waals surface area (Å²) in [4.78, 5) is 52.3. The second kappa shape index (κ2) is 16.3. The molecule has 1 aromatic rings. The van der Waals surface area contributed by atoms with Gasteiger partial charge in [0.25, 0.3) is 10.2 Å². The Kier molecular flexibility index (Phi) is 12.3. The van der Waals surface area contributed by atoms with Crippen LogP contribution in [-0.4, -0.2) is 72.7 Å². The number of hydrogen-bond donors (Lipinski definition) is 2. The van der Waals surface area contributed by atoms with Crippen LogP contribution < -0.4 is 10.6 Å². The first kappa shape index (κ1) is 32.4. The Morgan fingerprint density at radius 1 is 0.698 bits per heavy atom. The molecule has 43 heavy (non-hydrogen) atoms. The number of carbonyl (C=O) groups is 2. The van der Waals surface area contributed by atoms with Crippen LogP contribution in [0.4, 0.5) is 0 Å². The number of carbonyl (C=O) groups excluding carboxylic acids is 2. The van der Waals surface area contributed by atoms with Crippen LogP contribution in [-0.2, 0) is 46.7 Å². The summed E-state index contributed by atoms with van der Waals surface area (Å²) >= 11 is 0. The molecule has 15 heteroatoms. The van der Waals surface area contributed by atoms with E-state index in [2.05, 4.69) is 20.3 Å². The summed E-state index contributed by atoms with van der Waals surface area (Å²) in [7, 11) is 0. The summed E-state index contributed by atoms with van der Waals surface area (Å²) in [5.74, 6) is 0.807. The SMILES string of the molecule is O=C(OCCOCCO[N+](=O)[O-])C1C[C@@H]2CCC[C@@H]2N1.O=C(OCc1ccc(CO[N+](=O)[O-])cc1)C1C[C@@H]2CCC[C@@H]2N1. The minimum absolute atomic E-state index is 0.0815. The molecule has 2 saturated carbocycles. The molecule has 4 aliphatic rings. The highest BCUT2D eigenvalue weighted by molar-refractivity contribution is 5.76. The molecule has 0 bridgehead atoms. The van der Waals surface area contributed by atoms with Crippen molar-refractivity contribution in [2.24, 2.45) is 11.8 Å². The van der Waals surface area contributed by atoms with Gasteiger partial charge in [-0.2, -0.15) is 0 Å². The van der Waals surface area contributed by atoms with Gasteiger partial charge in [-0.05, 0) is 61.5 Å². The maximum absolute atomic E-state index is 12.1. The van der Waals surface area contributed by atoms with Crippen molar-refractivity contribution in [3.63, 3.8) is 0 Å². The summed E-state index contributed by atoms with van der Waals surface area (Å²) in [6, 6.07) is 7.60. The lowest BCUT2D eigenvalue weighted by Gasteiger charge is -2.12. The van der Waals surface area contributed by atoms with Crippen LogP contribution in [0.3, 0.4) is 0 Å². The minimum atomic E-state index is -0.869. The zero-order chi connectivity index (χ0) is 30.6. The highest BCUT2D eigenvalue weighted by Crippen LogP contribution is 2.35. The normalized spacial score (nSPS) is 26.9. The number of hydrogen-bond acceptors (Lipinski definition) is 13. The van der Waals surface area contributed by atoms with E-state index in [9.17, 15) is 29.8 Å². The van der Waals surface area contributed by atoms with E-state index in [1.807, 2.05) is 0 Å². The maximum atomic E-state index is 12.1. The van der Waals surface area contributed by atoms with Crippen LogP contribution in [0, 0.1) is 32.1 Å². The van der Waals surface area contributed by atoms with E-state index >= 15 is 0 Å². The van der Waals surface area contributed by atoms with Gasteiger partial charge in [-0.3, -0.25) is 9.59 Å². The lowest BCUT2D eigenvalue weighted by Crippen LogP contribution is -2.37. The first-order valence-corrected chi connectivity index (χ1v) is 14.8. The van der Waals surface area contributed by atoms with E-state index in [0.717, 1.165) is 31.2 Å². The molecule has 2 aliphatic carbocycles. The fraction of sp³-hybridized carbons (Fsp3) is 0.714. The Morgan fingerprint density at radius 3 is 1.74 bits per heavy atom. The van der Waals surface area contributed by atoms with Gasteiger partial charge in [0.15, 0.2) is 0 Å². The molecule has 0 radical (unpaired) electrons. The van der Waals surface area contributed by atoms with Gasteiger partial charge in [0, 0.05) is 12.1 Å². The zero-order valence-corrected chi connectivity index (χ0v) is 24.1. The van der Waals surface area contributed by atoms with E-state index in [0.29, 0.717) is 29.5 Å². The Morgan fingerprint density at radius 2 is 1.21 bits per heavy atom. The predicted octanol–water partition coefficient (Wildman–Crippen LogP) is 2.25. The lowest BCUT2D eigenvalue weighted by atomic mass is 10.0. The Labute approximate surface area is 249 Å². The molecule has 15 nitrogen and oxygen atoms in total. The molecule has 238 valence electrons. The molecule has 2 N–H and O–H groups in total. The third kappa shape index (κ3) is 10.3. The van der Waals surface area contributed by atoms with Crippen molar-refractivity contribution in [3.05, 3.63) is 55.6 Å². The smallest absolute Gasteiger partial charge is 0.323 e. The van der Waals surface area contributed by atoms with Crippen molar-refractivity contribution in [2.75, 3.05) is 26.4 Å². The van der Waals surface area contributed by atoms with Crippen LogP contribution in [0.2, 0.25) is 0 Å². The van der Waals surface area contributed by atoms with Crippen LogP contribution in [0.1, 0.15) is 62.5 Å². The van der Waals surface area contributed by atoms with Gasteiger partial charge in [-0.25, -0.2) is 0 Å². The Bertz CT molecular complexity index is 1060. The first-order valence-electron chi connectivity index (χ1n) is 14.8. The molecular weight excluding hydrogens is 568 g/mol. The number of fused-ring (bicyclic) bond motifs is 2. The van der Waals surface area contributed by atoms with Crippen LogP contribution >= 0.6 is 0 Å². The van der Waals surface area contributed by atoms with Crippen molar-refractivity contribution in [1.82, 2.24) is 10.6 Å². The zero-order valence-electron chi connectivity index (χ0n) is 24.1. The van der Waals surface area contributed by atoms with Crippen LogP contribution in [0.15, 0.2) is 24.3 Å². The Hall–Kier alpha value is -3.56. The molecule has 0 spiro atoms. The highest BCUT2D eigenvalue weighted by Gasteiger charge is 2.41. The molecule has 0 amide bonds. The average molecular weight is 609 g/mol. The highest BCUT2D eigenvalue weighted by atomic mass is 17.0. The molecule has 2 heterocycles. The van der Waals surface area contributed by atoms with Crippen molar-refractivity contribution < 1.29 is 43.6 Å². The van der Waals surface area contributed by atoms with Crippen molar-refractivity contribution in [3.8, 4) is 0 Å². The molecule has 5 rings (SSSR count). The van der Waals surface area contributed by atoms with E-state index in [1.165, 1.54) is 25.7 Å². The average Bonchev–Trinajstić information content (AvgIpc) is 3.77. The molecule has 4 fully saturated rings. The number of ether oxygens (including phenoxy) is 3. The fourth-order valence-electron chi connectivity index (χ4n) is 6.35. The van der Waals surface area contributed by atoms with Gasteiger partial charge < -0.3 is 34.5 Å². The number of rotatable bonds is 14. The largest absolute Gasteiger partial charge is 0.462 e. The summed E-state index contributed by atoms with van der Waals surface area (Å²) in [5, 5.41) is 25.0. The number of nitrogens with zero attached hydrogens (tertiary/aromatic N) is 2. The third-order valence-electron chi connectivity index (χ3n) is 8.43. The van der Waals surface area contributed by atoms with Gasteiger partial charge in [-0.15, -0.1) is 20.2 Å². The lowest BCUT2D eigenvalue weighted by molar-refractivity contribution is -0.763. The number of nitrogens with one attached hydrogen (secondary N) is 2. The molecular formula is C28H40N4O11. The molecule has 6 atom stereocenters. The molecule has 1 aromatic carbocycles. The van der Waals surface area contributed by atoms with Crippen LogP contribution in [0.25, 0.3) is 0 Å².